The van der Waals surface area contributed by atoms with Gasteiger partial charge in [0, 0.05) is 36.9 Å². The Morgan fingerprint density at radius 3 is 2.88 bits per heavy atom. The quantitative estimate of drug-likeness (QED) is 0.646. The van der Waals surface area contributed by atoms with Gasteiger partial charge in [0.2, 0.25) is 0 Å². The van der Waals surface area contributed by atoms with Gasteiger partial charge in [-0.25, -0.2) is 4.52 Å². The monoisotopic (exact) mass is 429 g/mol. The number of nitrogens with zero attached hydrogens (tertiary/aromatic N) is 4. The number of nitrogens with two attached hydrogens (primary N) is 1. The molecule has 2 N–H and O–H groups in total. The van der Waals surface area contributed by atoms with Crippen LogP contribution >= 0.6 is 0 Å². The largest absolute Gasteiger partial charge is 0.365 e. The lowest BCUT2D eigenvalue weighted by molar-refractivity contribution is 0.100. The highest BCUT2D eigenvalue weighted by atomic mass is 16.1. The highest BCUT2D eigenvalue weighted by Gasteiger charge is 2.39. The van der Waals surface area contributed by atoms with Crippen molar-refractivity contribution >= 4 is 35.5 Å². The summed E-state index contributed by atoms with van der Waals surface area (Å²) >= 11 is 0. The van der Waals surface area contributed by atoms with Gasteiger partial charge in [-0.2, -0.15) is 5.10 Å². The maximum Gasteiger partial charge on any atom is 0.252 e. The normalized spacial score (nSPS) is 24.4. The predicted molar refractivity (Wildman–Crippen MR) is 128 cm³/mol. The minimum Gasteiger partial charge on any atom is -0.365 e. The van der Waals surface area contributed by atoms with Crippen LogP contribution in [0.3, 0.4) is 0 Å². The van der Waals surface area contributed by atoms with Crippen LogP contribution in [-0.4, -0.2) is 26.3 Å². The van der Waals surface area contributed by atoms with Gasteiger partial charge in [0.05, 0.1) is 17.3 Å². The third-order valence-electron chi connectivity index (χ3n) is 7.94. The van der Waals surface area contributed by atoms with E-state index < -0.39 is 5.91 Å². The zero-order valence-corrected chi connectivity index (χ0v) is 19.2. The second kappa shape index (κ2) is 7.47. The number of fused-ring (bicyclic) bond motifs is 2. The Hall–Kier alpha value is -3.15. The van der Waals surface area contributed by atoms with E-state index in [4.69, 9.17) is 10.7 Å². The molecule has 1 saturated carbocycles. The summed E-state index contributed by atoms with van der Waals surface area (Å²) in [5.41, 5.74) is 8.85. The molecular weight excluding hydrogens is 398 g/mol. The average molecular weight is 430 g/mol. The molecule has 0 aromatic carbocycles. The molecule has 0 bridgehead atoms. The lowest BCUT2D eigenvalue weighted by Gasteiger charge is -2.28. The van der Waals surface area contributed by atoms with Crippen LogP contribution < -0.4 is 16.3 Å². The van der Waals surface area contributed by atoms with Crippen molar-refractivity contribution < 1.29 is 4.79 Å². The molecule has 0 spiro atoms. The van der Waals surface area contributed by atoms with Crippen LogP contribution in [-0.2, 0) is 7.05 Å². The molecule has 3 heterocycles. The maximum absolute atomic E-state index is 12.2. The summed E-state index contributed by atoms with van der Waals surface area (Å²) in [6.07, 6.45) is 15.6. The summed E-state index contributed by atoms with van der Waals surface area (Å²) in [4.78, 5) is 17.0. The van der Waals surface area contributed by atoms with Gasteiger partial charge in [-0.15, -0.1) is 0 Å². The zero-order valence-electron chi connectivity index (χ0n) is 19.2. The first-order valence-electron chi connectivity index (χ1n) is 11.4. The molecule has 0 aliphatic heterocycles. The number of hydrogen-bond acceptors (Lipinski definition) is 3. The third kappa shape index (κ3) is 3.29. The molecule has 3 atom stereocenters. The minimum atomic E-state index is -0.500. The van der Waals surface area contributed by atoms with Crippen LogP contribution in [0.4, 0.5) is 5.69 Å². The summed E-state index contributed by atoms with van der Waals surface area (Å²) in [6, 6.07) is 4.26. The van der Waals surface area contributed by atoms with Gasteiger partial charge in [-0.1, -0.05) is 32.9 Å². The van der Waals surface area contributed by atoms with Gasteiger partial charge in [-0.05, 0) is 59.4 Å². The van der Waals surface area contributed by atoms with E-state index in [1.165, 1.54) is 17.0 Å². The fraction of sp³-hybridized carbons (Fsp3) is 0.423. The Bertz CT molecular complexity index is 1360. The molecule has 2 aliphatic carbocycles. The van der Waals surface area contributed by atoms with E-state index in [1.54, 1.807) is 6.20 Å². The van der Waals surface area contributed by atoms with Crippen molar-refractivity contribution in [3.63, 3.8) is 0 Å². The summed E-state index contributed by atoms with van der Waals surface area (Å²) < 4.78 is 3.97. The van der Waals surface area contributed by atoms with Gasteiger partial charge in [-0.3, -0.25) is 9.79 Å². The number of primary amides is 1. The van der Waals surface area contributed by atoms with E-state index in [0.29, 0.717) is 23.1 Å². The number of aryl methyl sites for hydroxylation is 1. The minimum absolute atomic E-state index is 0.188. The maximum atomic E-state index is 12.2. The second-order valence-electron chi connectivity index (χ2n) is 10.0. The lowest BCUT2D eigenvalue weighted by atomic mass is 9.77. The molecule has 0 saturated heterocycles. The SMILES string of the molecule is CC1CCC(C=Nc2c(C(N)=O)cnn3cc(C4C=c5ccn(C)c5=CC4)cc23)C1(C)C. The number of hydrogen-bond donors (Lipinski definition) is 1. The van der Waals surface area contributed by atoms with E-state index in [1.807, 2.05) is 16.9 Å². The van der Waals surface area contributed by atoms with Crippen molar-refractivity contribution in [1.29, 1.82) is 0 Å². The van der Waals surface area contributed by atoms with Crippen molar-refractivity contribution in [2.24, 2.45) is 35.0 Å². The van der Waals surface area contributed by atoms with E-state index in [0.717, 1.165) is 23.9 Å². The molecule has 1 amide bonds. The smallest absolute Gasteiger partial charge is 0.252 e. The second-order valence-corrected chi connectivity index (χ2v) is 10.0. The summed E-state index contributed by atoms with van der Waals surface area (Å²) in [6.45, 7) is 6.92. The van der Waals surface area contributed by atoms with Crippen molar-refractivity contribution in [1.82, 2.24) is 14.2 Å². The molecule has 3 unspecified atom stereocenters. The van der Waals surface area contributed by atoms with Gasteiger partial charge < -0.3 is 10.3 Å². The first kappa shape index (κ1) is 20.7. The van der Waals surface area contributed by atoms with Crippen molar-refractivity contribution in [2.45, 2.75) is 46.0 Å². The summed E-state index contributed by atoms with van der Waals surface area (Å²) in [7, 11) is 2.07. The van der Waals surface area contributed by atoms with Gasteiger partial charge in [0.25, 0.3) is 5.91 Å². The van der Waals surface area contributed by atoms with E-state index in [9.17, 15) is 4.79 Å². The van der Waals surface area contributed by atoms with Crippen LogP contribution in [0.25, 0.3) is 17.7 Å². The van der Waals surface area contributed by atoms with Crippen LogP contribution in [0, 0.1) is 17.3 Å². The standard InChI is InChI=1S/C26H31N5O/c1-16-5-7-20(26(16,2)3)13-28-24-21(25(27)32)14-29-31-15-19(12-23(24)31)17-6-8-22-18(11-17)9-10-30(22)4/h8-17,20H,5-7H2,1-4H3,(H2,27,32). The topological polar surface area (TPSA) is 77.7 Å². The molecule has 32 heavy (non-hydrogen) atoms. The van der Waals surface area contributed by atoms with Crippen LogP contribution in [0.5, 0.6) is 0 Å². The lowest BCUT2D eigenvalue weighted by Crippen LogP contribution is -2.30. The molecular formula is C26H31N5O. The Labute approximate surface area is 188 Å². The molecule has 1 fully saturated rings. The molecule has 166 valence electrons. The van der Waals surface area contributed by atoms with E-state index in [-0.39, 0.29) is 11.3 Å². The Morgan fingerprint density at radius 1 is 1.34 bits per heavy atom. The third-order valence-corrected chi connectivity index (χ3v) is 7.94. The first-order valence-corrected chi connectivity index (χ1v) is 11.4. The highest BCUT2D eigenvalue weighted by molar-refractivity contribution is 6.01. The molecule has 5 rings (SSSR count). The van der Waals surface area contributed by atoms with Gasteiger partial charge in [0.15, 0.2) is 0 Å². The van der Waals surface area contributed by atoms with Crippen molar-refractivity contribution in [3.05, 3.63) is 52.4 Å². The fourth-order valence-corrected chi connectivity index (χ4v) is 5.27. The number of carbonyl (C=O) groups excluding carboxylic acids is 1. The Morgan fingerprint density at radius 2 is 2.16 bits per heavy atom. The molecule has 3 aromatic heterocycles. The van der Waals surface area contributed by atoms with Gasteiger partial charge >= 0.3 is 0 Å². The van der Waals surface area contributed by atoms with Crippen LogP contribution in [0.15, 0.2) is 35.7 Å². The number of rotatable bonds is 4. The van der Waals surface area contributed by atoms with E-state index in [2.05, 4.69) is 68.0 Å². The van der Waals surface area contributed by atoms with Crippen LogP contribution in [0.2, 0.25) is 0 Å². The molecule has 0 radical (unpaired) electrons. The van der Waals surface area contributed by atoms with Crippen LogP contribution in [0.1, 0.15) is 61.9 Å². The average Bonchev–Trinajstić information content (AvgIpc) is 3.42. The fourth-order valence-electron chi connectivity index (χ4n) is 5.27. The molecule has 2 aliphatic rings. The highest BCUT2D eigenvalue weighted by Crippen LogP contribution is 2.46. The van der Waals surface area contributed by atoms with Crippen molar-refractivity contribution in [3.8, 4) is 0 Å². The number of aliphatic imine (C=N–C) groups is 1. The summed E-state index contributed by atoms with van der Waals surface area (Å²) in [5, 5.41) is 6.97. The van der Waals surface area contributed by atoms with Crippen molar-refractivity contribution in [2.75, 3.05) is 0 Å². The van der Waals surface area contributed by atoms with E-state index >= 15 is 0 Å². The number of carbonyl (C=O) groups is 1. The Kier molecular flexibility index (Phi) is 4.84. The Balaban J connectivity index is 1.57. The van der Waals surface area contributed by atoms with Gasteiger partial charge in [0.1, 0.15) is 5.69 Å². The number of aromatic nitrogens is 3. The first-order chi connectivity index (χ1) is 15.3. The number of amides is 1. The molecule has 6 nitrogen and oxygen atoms in total. The predicted octanol–water partition coefficient (Wildman–Crippen LogP) is 3.29. The molecule has 3 aromatic rings. The zero-order chi connectivity index (χ0) is 22.6. The summed E-state index contributed by atoms with van der Waals surface area (Å²) in [5.74, 6) is 0.780. The molecule has 6 heteroatoms.